The van der Waals surface area contributed by atoms with Gasteiger partial charge >= 0.3 is 0 Å². The molecule has 0 spiro atoms. The van der Waals surface area contributed by atoms with Crippen LogP contribution in [0.2, 0.25) is 5.02 Å². The van der Waals surface area contributed by atoms with Crippen LogP contribution in [-0.4, -0.2) is 22.3 Å². The lowest BCUT2D eigenvalue weighted by atomic mass is 10.1. The molecule has 0 aliphatic heterocycles. The van der Waals surface area contributed by atoms with E-state index in [1.807, 2.05) is 66.7 Å². The highest BCUT2D eigenvalue weighted by atomic mass is 35.5. The standard InChI is InChI=1S/C24H19ClN4O2/c25-21-9-5-4-8-19(21)15-26-29-24(30)23-14-22(27-28-23)18-10-12-20(13-11-18)31-16-17-6-2-1-3-7-17/h1-15H,16H2,(H,27,28)(H,29,30). The Morgan fingerprint density at radius 2 is 1.77 bits per heavy atom. The third kappa shape index (κ3) is 5.38. The van der Waals surface area contributed by atoms with Crippen molar-refractivity contribution in [3.8, 4) is 17.0 Å². The van der Waals surface area contributed by atoms with Crippen LogP contribution < -0.4 is 10.2 Å². The first-order valence-electron chi connectivity index (χ1n) is 9.59. The summed E-state index contributed by atoms with van der Waals surface area (Å²) in [5.41, 5.74) is 6.09. The van der Waals surface area contributed by atoms with Crippen molar-refractivity contribution in [3.63, 3.8) is 0 Å². The molecule has 0 atom stereocenters. The summed E-state index contributed by atoms with van der Waals surface area (Å²) in [6.07, 6.45) is 1.49. The minimum atomic E-state index is -0.398. The van der Waals surface area contributed by atoms with Crippen molar-refractivity contribution in [1.82, 2.24) is 15.6 Å². The van der Waals surface area contributed by atoms with E-state index in [-0.39, 0.29) is 0 Å². The fraction of sp³-hybridized carbons (Fsp3) is 0.0417. The molecule has 4 rings (SSSR count). The van der Waals surface area contributed by atoms with Crippen molar-refractivity contribution < 1.29 is 9.53 Å². The summed E-state index contributed by atoms with van der Waals surface area (Å²) in [4.78, 5) is 12.3. The molecular formula is C24H19ClN4O2. The van der Waals surface area contributed by atoms with Crippen molar-refractivity contribution in [1.29, 1.82) is 0 Å². The van der Waals surface area contributed by atoms with Gasteiger partial charge in [-0.3, -0.25) is 9.89 Å². The third-order valence-electron chi connectivity index (χ3n) is 4.50. The minimum Gasteiger partial charge on any atom is -0.489 e. The fourth-order valence-corrected chi connectivity index (χ4v) is 3.03. The lowest BCUT2D eigenvalue weighted by Gasteiger charge is -2.06. The summed E-state index contributed by atoms with van der Waals surface area (Å²) in [7, 11) is 0. The van der Waals surface area contributed by atoms with E-state index in [4.69, 9.17) is 16.3 Å². The monoisotopic (exact) mass is 430 g/mol. The van der Waals surface area contributed by atoms with E-state index in [1.165, 1.54) is 6.21 Å². The molecule has 1 amide bonds. The number of nitrogens with zero attached hydrogens (tertiary/aromatic N) is 2. The van der Waals surface area contributed by atoms with E-state index in [9.17, 15) is 4.79 Å². The second kappa shape index (κ2) is 9.73. The second-order valence-electron chi connectivity index (χ2n) is 6.69. The number of carbonyl (C=O) groups excluding carboxylic acids is 1. The number of halogens is 1. The first-order valence-corrected chi connectivity index (χ1v) is 9.97. The summed E-state index contributed by atoms with van der Waals surface area (Å²) in [6.45, 7) is 0.502. The average Bonchev–Trinajstić information content (AvgIpc) is 3.30. The van der Waals surface area contributed by atoms with Crippen molar-refractivity contribution in [2.75, 3.05) is 0 Å². The first kappa shape index (κ1) is 20.4. The zero-order valence-corrected chi connectivity index (χ0v) is 17.2. The predicted octanol–water partition coefficient (Wildman–Crippen LogP) is 5.07. The Morgan fingerprint density at radius 3 is 2.55 bits per heavy atom. The van der Waals surface area contributed by atoms with E-state index in [0.717, 1.165) is 16.9 Å². The number of aromatic nitrogens is 2. The SMILES string of the molecule is O=C(NN=Cc1ccccc1Cl)c1cc(-c2ccc(OCc3ccccc3)cc2)n[nH]1. The van der Waals surface area contributed by atoms with Crippen LogP contribution in [-0.2, 0) is 6.61 Å². The first-order chi connectivity index (χ1) is 15.2. The van der Waals surface area contributed by atoms with E-state index < -0.39 is 5.91 Å². The van der Waals surface area contributed by atoms with Crippen LogP contribution in [0.4, 0.5) is 0 Å². The number of H-pyrrole nitrogens is 1. The van der Waals surface area contributed by atoms with E-state index >= 15 is 0 Å². The molecule has 0 unspecified atom stereocenters. The number of carbonyl (C=O) groups is 1. The molecule has 7 heteroatoms. The Morgan fingerprint density at radius 1 is 1.03 bits per heavy atom. The zero-order chi connectivity index (χ0) is 21.5. The summed E-state index contributed by atoms with van der Waals surface area (Å²) < 4.78 is 5.80. The van der Waals surface area contributed by atoms with Crippen molar-refractivity contribution in [3.05, 3.63) is 107 Å². The molecule has 0 fully saturated rings. The van der Waals surface area contributed by atoms with E-state index in [2.05, 4.69) is 20.7 Å². The highest BCUT2D eigenvalue weighted by molar-refractivity contribution is 6.33. The van der Waals surface area contributed by atoms with Crippen molar-refractivity contribution in [2.24, 2.45) is 5.10 Å². The molecule has 1 heterocycles. The van der Waals surface area contributed by atoms with E-state index in [0.29, 0.717) is 28.6 Å². The van der Waals surface area contributed by atoms with E-state index in [1.54, 1.807) is 18.2 Å². The highest BCUT2D eigenvalue weighted by Crippen LogP contribution is 2.22. The number of hydrogen-bond donors (Lipinski definition) is 2. The number of aromatic amines is 1. The van der Waals surface area contributed by atoms with Gasteiger partial charge in [-0.2, -0.15) is 10.2 Å². The molecular weight excluding hydrogens is 412 g/mol. The Bertz CT molecular complexity index is 1190. The van der Waals surface area contributed by atoms with Crippen LogP contribution in [0, 0.1) is 0 Å². The second-order valence-corrected chi connectivity index (χ2v) is 7.09. The van der Waals surface area contributed by atoms with Gasteiger partial charge in [0.1, 0.15) is 18.1 Å². The maximum Gasteiger partial charge on any atom is 0.289 e. The molecule has 154 valence electrons. The molecule has 31 heavy (non-hydrogen) atoms. The summed E-state index contributed by atoms with van der Waals surface area (Å²) >= 11 is 6.06. The number of hydrazone groups is 1. The third-order valence-corrected chi connectivity index (χ3v) is 4.84. The molecule has 0 saturated heterocycles. The molecule has 6 nitrogen and oxygen atoms in total. The van der Waals surface area contributed by atoms with Gasteiger partial charge in [-0.15, -0.1) is 0 Å². The van der Waals surface area contributed by atoms with Gasteiger partial charge in [0.25, 0.3) is 5.91 Å². The Labute approximate surface area is 184 Å². The van der Waals surface area contributed by atoms with Crippen molar-refractivity contribution >= 4 is 23.7 Å². The van der Waals surface area contributed by atoms with Gasteiger partial charge in [-0.1, -0.05) is 60.1 Å². The minimum absolute atomic E-state index is 0.302. The topological polar surface area (TPSA) is 79.4 Å². The van der Waals surface area contributed by atoms with Crippen molar-refractivity contribution in [2.45, 2.75) is 6.61 Å². The maximum absolute atomic E-state index is 12.3. The highest BCUT2D eigenvalue weighted by Gasteiger charge is 2.10. The van der Waals surface area contributed by atoms with Crippen LogP contribution in [0.1, 0.15) is 21.6 Å². The molecule has 2 N–H and O–H groups in total. The van der Waals surface area contributed by atoms with Gasteiger partial charge in [-0.05, 0) is 42.0 Å². The summed E-state index contributed by atoms with van der Waals surface area (Å²) in [5.74, 6) is 0.361. The Balaban J connectivity index is 1.35. The normalized spacial score (nSPS) is 10.9. The largest absolute Gasteiger partial charge is 0.489 e. The molecule has 0 saturated carbocycles. The van der Waals surface area contributed by atoms with Gasteiger partial charge in [0.15, 0.2) is 0 Å². The molecule has 0 radical (unpaired) electrons. The fourth-order valence-electron chi connectivity index (χ4n) is 2.85. The summed E-state index contributed by atoms with van der Waals surface area (Å²) in [5, 5.41) is 11.4. The molecule has 3 aromatic carbocycles. The number of hydrogen-bond acceptors (Lipinski definition) is 4. The van der Waals surface area contributed by atoms with Gasteiger partial charge < -0.3 is 4.74 Å². The Kier molecular flexibility index (Phi) is 6.40. The number of ether oxygens (including phenoxy) is 1. The van der Waals surface area contributed by atoms with Gasteiger partial charge in [0.2, 0.25) is 0 Å². The lowest BCUT2D eigenvalue weighted by Crippen LogP contribution is -2.18. The molecule has 0 aliphatic carbocycles. The average molecular weight is 431 g/mol. The zero-order valence-electron chi connectivity index (χ0n) is 16.5. The maximum atomic E-state index is 12.3. The molecule has 1 aromatic heterocycles. The Hall–Kier alpha value is -3.90. The number of benzene rings is 3. The quantitative estimate of drug-likeness (QED) is 0.317. The van der Waals surface area contributed by atoms with Crippen LogP contribution in [0.5, 0.6) is 5.75 Å². The summed E-state index contributed by atoms with van der Waals surface area (Å²) in [6, 6.07) is 26.4. The predicted molar refractivity (Wildman–Crippen MR) is 121 cm³/mol. The smallest absolute Gasteiger partial charge is 0.289 e. The van der Waals surface area contributed by atoms with Crippen LogP contribution >= 0.6 is 11.6 Å². The number of nitrogens with one attached hydrogen (secondary N) is 2. The van der Waals surface area contributed by atoms with Gasteiger partial charge in [0.05, 0.1) is 11.9 Å². The van der Waals surface area contributed by atoms with Gasteiger partial charge in [-0.25, -0.2) is 5.43 Å². The lowest BCUT2D eigenvalue weighted by molar-refractivity contribution is 0.0950. The van der Waals surface area contributed by atoms with Crippen LogP contribution in [0.25, 0.3) is 11.3 Å². The number of amides is 1. The molecule has 4 aromatic rings. The van der Waals surface area contributed by atoms with Gasteiger partial charge in [0, 0.05) is 16.1 Å². The number of rotatable bonds is 7. The molecule has 0 aliphatic rings. The van der Waals surface area contributed by atoms with Crippen LogP contribution in [0.15, 0.2) is 90.0 Å². The van der Waals surface area contributed by atoms with Crippen LogP contribution in [0.3, 0.4) is 0 Å². The molecule has 0 bridgehead atoms.